The van der Waals surface area contributed by atoms with Crippen LogP contribution in [-0.2, 0) is 0 Å². The number of hydrogen-bond acceptors (Lipinski definition) is 6. The Morgan fingerprint density at radius 2 is 1.93 bits per heavy atom. The van der Waals surface area contributed by atoms with Crippen molar-refractivity contribution in [2.45, 2.75) is 18.4 Å². The van der Waals surface area contributed by atoms with Crippen molar-refractivity contribution in [3.8, 4) is 22.8 Å². The van der Waals surface area contributed by atoms with Crippen molar-refractivity contribution in [1.82, 2.24) is 4.90 Å². The number of likely N-dealkylation sites (tertiary alicyclic amines) is 1. The molecule has 0 saturated carbocycles. The molecule has 1 saturated heterocycles. The molecule has 1 aromatic heterocycles. The van der Waals surface area contributed by atoms with Gasteiger partial charge in [-0.1, -0.05) is 0 Å². The molecule has 8 heteroatoms. The van der Waals surface area contributed by atoms with E-state index in [0.29, 0.717) is 19.0 Å². The number of aromatic hydroxyl groups is 2. The maximum atomic E-state index is 14.3. The summed E-state index contributed by atoms with van der Waals surface area (Å²) in [6, 6.07) is 4.62. The third-order valence-electron chi connectivity index (χ3n) is 5.58. The summed E-state index contributed by atoms with van der Waals surface area (Å²) in [6.45, 7) is 0.466. The normalized spacial score (nSPS) is 19.9. The highest BCUT2D eigenvalue weighted by molar-refractivity contribution is 5.89. The fourth-order valence-corrected chi connectivity index (χ4v) is 4.11. The monoisotopic (exact) mass is 403 g/mol. The van der Waals surface area contributed by atoms with Crippen LogP contribution in [0.3, 0.4) is 0 Å². The van der Waals surface area contributed by atoms with E-state index in [9.17, 15) is 28.9 Å². The molecule has 4 rings (SSSR count). The number of hydrogen-bond donors (Lipinski definition) is 3. The third-order valence-corrected chi connectivity index (χ3v) is 5.58. The van der Waals surface area contributed by atoms with Gasteiger partial charge in [-0.05, 0) is 32.1 Å². The topological polar surface area (TPSA) is 94.1 Å². The predicted molar refractivity (Wildman–Crippen MR) is 102 cm³/mol. The first-order chi connectivity index (χ1) is 13.8. The van der Waals surface area contributed by atoms with Crippen LogP contribution in [0, 0.1) is 11.6 Å². The van der Waals surface area contributed by atoms with Crippen LogP contribution in [0.4, 0.5) is 8.78 Å². The van der Waals surface area contributed by atoms with Crippen molar-refractivity contribution in [1.29, 1.82) is 0 Å². The van der Waals surface area contributed by atoms with Crippen LogP contribution in [0.5, 0.6) is 11.5 Å². The van der Waals surface area contributed by atoms with E-state index >= 15 is 0 Å². The Labute approximate surface area is 164 Å². The number of aliphatic hydroxyl groups is 1. The molecule has 0 amide bonds. The largest absolute Gasteiger partial charge is 0.507 e. The Balaban J connectivity index is 2.01. The minimum atomic E-state index is -0.910. The van der Waals surface area contributed by atoms with E-state index in [1.54, 1.807) is 0 Å². The molecule has 0 spiro atoms. The van der Waals surface area contributed by atoms with Gasteiger partial charge in [-0.15, -0.1) is 0 Å². The molecule has 3 aromatic rings. The second-order valence-electron chi connectivity index (χ2n) is 7.26. The number of aliphatic hydroxyl groups excluding tert-OH is 1. The lowest BCUT2D eigenvalue weighted by molar-refractivity contribution is 0.172. The van der Waals surface area contributed by atoms with Gasteiger partial charge in [0.1, 0.15) is 39.9 Å². The van der Waals surface area contributed by atoms with Gasteiger partial charge >= 0.3 is 0 Å². The van der Waals surface area contributed by atoms with Gasteiger partial charge in [0.05, 0.1) is 12.2 Å². The van der Waals surface area contributed by atoms with Crippen LogP contribution in [0.2, 0.25) is 0 Å². The Bertz CT molecular complexity index is 1160. The third kappa shape index (κ3) is 3.14. The van der Waals surface area contributed by atoms with Gasteiger partial charge in [0.2, 0.25) is 0 Å². The second-order valence-corrected chi connectivity index (χ2v) is 7.26. The Morgan fingerprint density at radius 3 is 2.62 bits per heavy atom. The van der Waals surface area contributed by atoms with E-state index in [0.717, 1.165) is 24.3 Å². The Kier molecular flexibility index (Phi) is 4.76. The lowest BCUT2D eigenvalue weighted by atomic mass is 9.89. The maximum Gasteiger partial charge on any atom is 0.197 e. The highest BCUT2D eigenvalue weighted by Gasteiger charge is 2.36. The molecule has 2 aromatic carbocycles. The molecular weight excluding hydrogens is 384 g/mol. The first-order valence-electron chi connectivity index (χ1n) is 9.11. The lowest BCUT2D eigenvalue weighted by Gasteiger charge is -2.24. The lowest BCUT2D eigenvalue weighted by Crippen LogP contribution is -2.32. The van der Waals surface area contributed by atoms with E-state index in [4.69, 9.17) is 4.42 Å². The summed E-state index contributed by atoms with van der Waals surface area (Å²) in [6.07, 6.45) is 0.577. The zero-order valence-electron chi connectivity index (χ0n) is 15.5. The molecule has 29 heavy (non-hydrogen) atoms. The van der Waals surface area contributed by atoms with Crippen molar-refractivity contribution >= 4 is 11.0 Å². The molecule has 3 N–H and O–H groups in total. The summed E-state index contributed by atoms with van der Waals surface area (Å²) in [7, 11) is 1.83. The van der Waals surface area contributed by atoms with Gasteiger partial charge < -0.3 is 24.6 Å². The van der Waals surface area contributed by atoms with E-state index in [-0.39, 0.29) is 52.2 Å². The van der Waals surface area contributed by atoms with Gasteiger partial charge in [-0.25, -0.2) is 8.78 Å². The molecule has 152 valence electrons. The zero-order valence-corrected chi connectivity index (χ0v) is 15.5. The zero-order chi connectivity index (χ0) is 20.9. The van der Waals surface area contributed by atoms with Crippen LogP contribution >= 0.6 is 0 Å². The number of benzene rings is 2. The van der Waals surface area contributed by atoms with E-state index in [1.165, 1.54) is 0 Å². The summed E-state index contributed by atoms with van der Waals surface area (Å²) in [5.41, 5.74) is -0.563. The SMILES string of the molecule is CN1CC[C@H](c2c(O)cc(O)c3c(=O)cc(-c4ccc(F)cc4F)oc23)[C@H]1CO. The molecule has 0 bridgehead atoms. The van der Waals surface area contributed by atoms with Crippen LogP contribution in [0.15, 0.2) is 39.5 Å². The van der Waals surface area contributed by atoms with Crippen LogP contribution in [0.25, 0.3) is 22.3 Å². The average Bonchev–Trinajstić information content (AvgIpc) is 3.01. The second kappa shape index (κ2) is 7.13. The summed E-state index contributed by atoms with van der Waals surface area (Å²) in [4.78, 5) is 14.6. The Morgan fingerprint density at radius 1 is 1.17 bits per heavy atom. The van der Waals surface area contributed by atoms with Crippen molar-refractivity contribution in [3.05, 3.63) is 57.8 Å². The average molecular weight is 403 g/mol. The molecule has 2 atom stereocenters. The first kappa shape index (κ1) is 19.4. The summed E-state index contributed by atoms with van der Waals surface area (Å²) >= 11 is 0. The number of phenolic OH excluding ortho intramolecular Hbond substituents is 2. The molecule has 1 aliphatic rings. The minimum absolute atomic E-state index is 0.0764. The van der Waals surface area contributed by atoms with Crippen LogP contribution < -0.4 is 5.43 Å². The van der Waals surface area contributed by atoms with Gasteiger partial charge in [0.15, 0.2) is 5.43 Å². The molecule has 0 aliphatic carbocycles. The molecule has 0 unspecified atom stereocenters. The number of rotatable bonds is 3. The van der Waals surface area contributed by atoms with Crippen LogP contribution in [0.1, 0.15) is 17.9 Å². The summed E-state index contributed by atoms with van der Waals surface area (Å²) < 4.78 is 33.3. The van der Waals surface area contributed by atoms with E-state index < -0.39 is 22.8 Å². The van der Waals surface area contributed by atoms with Gasteiger partial charge in [-0.2, -0.15) is 0 Å². The highest BCUT2D eigenvalue weighted by Crippen LogP contribution is 2.44. The molecule has 2 heterocycles. The molecule has 1 fully saturated rings. The summed E-state index contributed by atoms with van der Waals surface area (Å²) in [5, 5.41) is 30.4. The van der Waals surface area contributed by atoms with Crippen molar-refractivity contribution < 1.29 is 28.5 Å². The number of fused-ring (bicyclic) bond motifs is 1. The summed E-state index contributed by atoms with van der Waals surface area (Å²) in [5.74, 6) is -2.96. The fourth-order valence-electron chi connectivity index (χ4n) is 4.11. The van der Waals surface area contributed by atoms with Gasteiger partial charge in [0.25, 0.3) is 0 Å². The first-order valence-corrected chi connectivity index (χ1v) is 9.11. The molecule has 1 aliphatic heterocycles. The molecular formula is C21H19F2NO5. The number of nitrogens with zero attached hydrogens (tertiary/aromatic N) is 1. The highest BCUT2D eigenvalue weighted by atomic mass is 19.1. The fraction of sp³-hybridized carbons (Fsp3) is 0.286. The van der Waals surface area contributed by atoms with E-state index in [1.807, 2.05) is 11.9 Å². The quantitative estimate of drug-likeness (QED) is 0.623. The minimum Gasteiger partial charge on any atom is -0.507 e. The van der Waals surface area contributed by atoms with E-state index in [2.05, 4.69) is 0 Å². The van der Waals surface area contributed by atoms with Crippen molar-refractivity contribution in [2.24, 2.45) is 0 Å². The van der Waals surface area contributed by atoms with Gasteiger partial charge in [0, 0.05) is 35.7 Å². The maximum absolute atomic E-state index is 14.3. The predicted octanol–water partition coefficient (Wildman–Crippen LogP) is 2.93. The van der Waals surface area contributed by atoms with Crippen LogP contribution in [-0.4, -0.2) is 46.5 Å². The standard InChI is InChI=1S/C21H19F2NO5/c1-24-5-4-12(14(24)9-25)19-15(26)7-16(27)20-17(28)8-18(29-21(19)20)11-3-2-10(22)6-13(11)23/h2-3,6-8,12,14,25-27H,4-5,9H2,1H3/t12-,14+/m0/s1. The molecule has 6 nitrogen and oxygen atoms in total. The number of halogens is 2. The van der Waals surface area contributed by atoms with Crippen molar-refractivity contribution in [2.75, 3.05) is 20.2 Å². The smallest absolute Gasteiger partial charge is 0.197 e. The number of phenols is 2. The van der Waals surface area contributed by atoms with Gasteiger partial charge in [-0.3, -0.25) is 4.79 Å². The number of likely N-dealkylation sites (N-methyl/N-ethyl adjacent to an activating group) is 1. The molecule has 0 radical (unpaired) electrons. The Hall–Kier alpha value is -2.97. The van der Waals surface area contributed by atoms with Crippen molar-refractivity contribution in [3.63, 3.8) is 0 Å².